The van der Waals surface area contributed by atoms with Crippen molar-refractivity contribution in [1.82, 2.24) is 5.32 Å². The molecule has 0 fully saturated rings. The smallest absolute Gasteiger partial charge is 0.329 e. The fourth-order valence-corrected chi connectivity index (χ4v) is 1.83. The zero-order valence-electron chi connectivity index (χ0n) is 11.0. The molecule has 0 aliphatic heterocycles. The summed E-state index contributed by atoms with van der Waals surface area (Å²) < 4.78 is 0. The summed E-state index contributed by atoms with van der Waals surface area (Å²) in [6.45, 7) is 5.31. The summed E-state index contributed by atoms with van der Waals surface area (Å²) in [5.41, 5.74) is 0.240. The lowest BCUT2D eigenvalue weighted by Crippen LogP contribution is -2.52. The van der Waals surface area contributed by atoms with Crippen LogP contribution in [0.2, 0.25) is 0 Å². The summed E-state index contributed by atoms with van der Waals surface area (Å²) in [6, 6.07) is 7.08. The first kappa shape index (κ1) is 14.2. The van der Waals surface area contributed by atoms with Crippen LogP contribution in [-0.4, -0.2) is 22.5 Å². The third-order valence-electron chi connectivity index (χ3n) is 2.89. The number of hydrogen-bond donors (Lipinski definition) is 2. The Morgan fingerprint density at radius 1 is 1.39 bits per heavy atom. The van der Waals surface area contributed by atoms with Gasteiger partial charge in [-0.2, -0.15) is 0 Å². The molecule has 0 aliphatic carbocycles. The molecule has 1 rings (SSSR count). The van der Waals surface area contributed by atoms with Gasteiger partial charge in [-0.25, -0.2) is 4.79 Å². The molecule has 0 bridgehead atoms. The van der Waals surface area contributed by atoms with Gasteiger partial charge in [0.2, 0.25) is 0 Å². The van der Waals surface area contributed by atoms with Crippen LogP contribution in [0.4, 0.5) is 0 Å². The van der Waals surface area contributed by atoms with Gasteiger partial charge in [0.05, 0.1) is 0 Å². The Labute approximate surface area is 107 Å². The van der Waals surface area contributed by atoms with E-state index in [4.69, 9.17) is 0 Å². The highest BCUT2D eigenvalue weighted by Gasteiger charge is 2.33. The average molecular weight is 249 g/mol. The summed E-state index contributed by atoms with van der Waals surface area (Å²) in [7, 11) is 0. The second-order valence-electron chi connectivity index (χ2n) is 4.71. The third-order valence-corrected chi connectivity index (χ3v) is 2.89. The van der Waals surface area contributed by atoms with Gasteiger partial charge in [0.25, 0.3) is 5.91 Å². The number of carboxylic acid groups (broad SMARTS) is 1. The van der Waals surface area contributed by atoms with E-state index in [0.717, 1.165) is 5.56 Å². The van der Waals surface area contributed by atoms with Crippen LogP contribution in [0.25, 0.3) is 0 Å². The zero-order chi connectivity index (χ0) is 13.8. The fourth-order valence-electron chi connectivity index (χ4n) is 1.83. The van der Waals surface area contributed by atoms with E-state index in [2.05, 4.69) is 5.32 Å². The molecule has 0 heterocycles. The first-order valence-electron chi connectivity index (χ1n) is 6.01. The van der Waals surface area contributed by atoms with Crippen molar-refractivity contribution >= 4 is 11.9 Å². The minimum Gasteiger partial charge on any atom is -0.480 e. The molecule has 0 saturated carbocycles. The highest BCUT2D eigenvalue weighted by atomic mass is 16.4. The van der Waals surface area contributed by atoms with Crippen LogP contribution in [0.5, 0.6) is 0 Å². The molecule has 0 aromatic heterocycles. The van der Waals surface area contributed by atoms with E-state index in [1.54, 1.807) is 18.2 Å². The highest BCUT2D eigenvalue weighted by molar-refractivity contribution is 5.97. The Balaban J connectivity index is 2.88. The SMILES string of the molecule is CCC[C@](C)(NC(=O)c1cccc(C)c1)C(=O)O. The number of carbonyl (C=O) groups excluding carboxylic acids is 1. The lowest BCUT2D eigenvalue weighted by Gasteiger charge is -2.25. The van der Waals surface area contributed by atoms with Gasteiger partial charge in [-0.15, -0.1) is 0 Å². The molecule has 2 N–H and O–H groups in total. The van der Waals surface area contributed by atoms with E-state index < -0.39 is 11.5 Å². The van der Waals surface area contributed by atoms with Crippen LogP contribution in [0, 0.1) is 6.92 Å². The molecular formula is C14H19NO3. The van der Waals surface area contributed by atoms with Crippen molar-refractivity contribution in [3.63, 3.8) is 0 Å². The zero-order valence-corrected chi connectivity index (χ0v) is 11.0. The second kappa shape index (κ2) is 5.67. The fraction of sp³-hybridized carbons (Fsp3) is 0.429. The first-order valence-corrected chi connectivity index (χ1v) is 6.01. The molecule has 0 aliphatic rings. The molecule has 1 aromatic carbocycles. The van der Waals surface area contributed by atoms with E-state index in [9.17, 15) is 14.7 Å². The average Bonchev–Trinajstić information content (AvgIpc) is 2.29. The minimum atomic E-state index is -1.21. The molecule has 0 radical (unpaired) electrons. The van der Waals surface area contributed by atoms with Crippen molar-refractivity contribution in [1.29, 1.82) is 0 Å². The summed E-state index contributed by atoms with van der Waals surface area (Å²) in [5, 5.41) is 11.8. The summed E-state index contributed by atoms with van der Waals surface area (Å²) in [4.78, 5) is 23.2. The van der Waals surface area contributed by atoms with Gasteiger partial charge in [-0.1, -0.05) is 31.0 Å². The Morgan fingerprint density at radius 3 is 2.56 bits per heavy atom. The van der Waals surface area contributed by atoms with Crippen LogP contribution < -0.4 is 5.32 Å². The Morgan fingerprint density at radius 2 is 2.06 bits per heavy atom. The molecule has 0 saturated heterocycles. The number of rotatable bonds is 5. The number of hydrogen-bond acceptors (Lipinski definition) is 2. The van der Waals surface area contributed by atoms with Crippen molar-refractivity contribution in [3.8, 4) is 0 Å². The van der Waals surface area contributed by atoms with Crippen molar-refractivity contribution in [3.05, 3.63) is 35.4 Å². The number of amides is 1. The van der Waals surface area contributed by atoms with Crippen LogP contribution >= 0.6 is 0 Å². The highest BCUT2D eigenvalue weighted by Crippen LogP contribution is 2.14. The lowest BCUT2D eigenvalue weighted by molar-refractivity contribution is -0.144. The molecule has 1 aromatic rings. The van der Waals surface area contributed by atoms with Gasteiger partial charge >= 0.3 is 5.97 Å². The molecule has 98 valence electrons. The topological polar surface area (TPSA) is 66.4 Å². The van der Waals surface area contributed by atoms with Gasteiger partial charge in [0.15, 0.2) is 0 Å². The molecule has 4 heteroatoms. The van der Waals surface area contributed by atoms with Gasteiger partial charge in [-0.05, 0) is 32.4 Å². The quantitative estimate of drug-likeness (QED) is 0.841. The van der Waals surface area contributed by atoms with E-state index in [-0.39, 0.29) is 5.91 Å². The van der Waals surface area contributed by atoms with Gasteiger partial charge < -0.3 is 10.4 Å². The maximum absolute atomic E-state index is 12.0. The van der Waals surface area contributed by atoms with Crippen LogP contribution in [0.3, 0.4) is 0 Å². The van der Waals surface area contributed by atoms with Gasteiger partial charge in [0, 0.05) is 5.56 Å². The van der Waals surface area contributed by atoms with E-state index in [0.29, 0.717) is 18.4 Å². The van der Waals surface area contributed by atoms with E-state index in [1.807, 2.05) is 19.9 Å². The number of nitrogens with one attached hydrogen (secondary N) is 1. The molecule has 1 amide bonds. The number of aliphatic carboxylic acids is 1. The third kappa shape index (κ3) is 3.32. The van der Waals surface area contributed by atoms with Crippen molar-refractivity contribution < 1.29 is 14.7 Å². The number of benzene rings is 1. The van der Waals surface area contributed by atoms with Gasteiger partial charge in [-0.3, -0.25) is 4.79 Å². The number of aryl methyl sites for hydroxylation is 1. The standard InChI is InChI=1S/C14H19NO3/c1-4-8-14(3,13(17)18)15-12(16)11-7-5-6-10(2)9-11/h5-7,9H,4,8H2,1-3H3,(H,15,16)(H,17,18)/t14-/m0/s1. The predicted octanol–water partition coefficient (Wildman–Crippen LogP) is 2.37. The summed E-state index contributed by atoms with van der Waals surface area (Å²) in [6.07, 6.45) is 1.09. The Hall–Kier alpha value is -1.84. The predicted molar refractivity (Wildman–Crippen MR) is 69.6 cm³/mol. The van der Waals surface area contributed by atoms with E-state index >= 15 is 0 Å². The van der Waals surface area contributed by atoms with Crippen molar-refractivity contribution in [2.75, 3.05) is 0 Å². The molecule has 0 spiro atoms. The second-order valence-corrected chi connectivity index (χ2v) is 4.71. The monoisotopic (exact) mass is 249 g/mol. The van der Waals surface area contributed by atoms with Crippen LogP contribution in [0.1, 0.15) is 42.6 Å². The van der Waals surface area contributed by atoms with Crippen LogP contribution in [-0.2, 0) is 4.79 Å². The maximum atomic E-state index is 12.0. The van der Waals surface area contributed by atoms with Crippen molar-refractivity contribution in [2.45, 2.75) is 39.2 Å². The molecule has 1 atom stereocenters. The summed E-state index contributed by atoms with van der Waals surface area (Å²) in [5.74, 6) is -1.36. The molecule has 18 heavy (non-hydrogen) atoms. The molecular weight excluding hydrogens is 230 g/mol. The van der Waals surface area contributed by atoms with E-state index in [1.165, 1.54) is 6.92 Å². The van der Waals surface area contributed by atoms with Crippen LogP contribution in [0.15, 0.2) is 24.3 Å². The molecule has 4 nitrogen and oxygen atoms in total. The summed E-state index contributed by atoms with van der Waals surface area (Å²) >= 11 is 0. The minimum absolute atomic E-state index is 0.350. The first-order chi connectivity index (χ1) is 8.39. The van der Waals surface area contributed by atoms with Crippen molar-refractivity contribution in [2.24, 2.45) is 0 Å². The Kier molecular flexibility index (Phi) is 4.48. The lowest BCUT2D eigenvalue weighted by atomic mass is 9.95. The molecule has 0 unspecified atom stereocenters. The largest absolute Gasteiger partial charge is 0.480 e. The normalized spacial score (nSPS) is 13.7. The van der Waals surface area contributed by atoms with Gasteiger partial charge in [0.1, 0.15) is 5.54 Å². The number of carbonyl (C=O) groups is 2. The Bertz CT molecular complexity index is 456. The maximum Gasteiger partial charge on any atom is 0.329 e. The number of carboxylic acids is 1.